The van der Waals surface area contributed by atoms with Crippen LogP contribution in [0.4, 0.5) is 0 Å². The molecular formula is C12H22O3. The molecule has 3 nitrogen and oxygen atoms in total. The molecule has 0 aliphatic heterocycles. The zero-order valence-electron chi connectivity index (χ0n) is 10.0. The Balaban J connectivity index is 3.98. The first kappa shape index (κ1) is 14.2. The number of hydrogen-bond donors (Lipinski definition) is 0. The maximum absolute atomic E-state index is 11.3. The summed E-state index contributed by atoms with van der Waals surface area (Å²) in [6, 6.07) is 0. The van der Waals surface area contributed by atoms with Crippen molar-refractivity contribution in [2.75, 3.05) is 6.61 Å². The number of unbranched alkanes of at least 4 members (excludes halogenated alkanes) is 1. The van der Waals surface area contributed by atoms with Crippen molar-refractivity contribution in [3.05, 3.63) is 12.2 Å². The lowest BCUT2D eigenvalue weighted by molar-refractivity contribution is -0.175. The lowest BCUT2D eigenvalue weighted by Gasteiger charge is -2.17. The minimum atomic E-state index is -0.408. The van der Waals surface area contributed by atoms with Crippen LogP contribution in [0.25, 0.3) is 0 Å². The Morgan fingerprint density at radius 1 is 1.33 bits per heavy atom. The maximum Gasteiger partial charge on any atom is 0.335 e. The zero-order valence-corrected chi connectivity index (χ0v) is 10.0. The van der Waals surface area contributed by atoms with E-state index in [0.717, 1.165) is 25.7 Å². The average Bonchev–Trinajstić information content (AvgIpc) is 2.21. The van der Waals surface area contributed by atoms with E-state index in [2.05, 4.69) is 13.5 Å². The molecule has 1 atom stereocenters. The third-order valence-corrected chi connectivity index (χ3v) is 1.89. The van der Waals surface area contributed by atoms with E-state index in [-0.39, 0.29) is 5.97 Å². The quantitative estimate of drug-likeness (QED) is 0.354. The van der Waals surface area contributed by atoms with Crippen molar-refractivity contribution in [3.8, 4) is 0 Å². The Hall–Kier alpha value is -0.830. The molecule has 0 saturated heterocycles. The summed E-state index contributed by atoms with van der Waals surface area (Å²) in [7, 11) is 0. The van der Waals surface area contributed by atoms with Gasteiger partial charge < -0.3 is 9.47 Å². The predicted molar refractivity (Wildman–Crippen MR) is 60.5 cm³/mol. The highest BCUT2D eigenvalue weighted by molar-refractivity contribution is 5.86. The molecule has 0 aliphatic rings. The molecule has 0 aliphatic carbocycles. The number of carbonyl (C=O) groups is 1. The van der Waals surface area contributed by atoms with Crippen LogP contribution < -0.4 is 0 Å². The second-order valence-electron chi connectivity index (χ2n) is 3.63. The van der Waals surface area contributed by atoms with Gasteiger partial charge in [-0.3, -0.25) is 0 Å². The summed E-state index contributed by atoms with van der Waals surface area (Å²) in [5, 5.41) is 0. The summed E-state index contributed by atoms with van der Waals surface area (Å²) in [6.07, 6.45) is 3.34. The number of hydrogen-bond acceptors (Lipinski definition) is 3. The van der Waals surface area contributed by atoms with Gasteiger partial charge in [0, 0.05) is 12.0 Å². The highest BCUT2D eigenvalue weighted by Crippen LogP contribution is 2.09. The van der Waals surface area contributed by atoms with Crippen molar-refractivity contribution < 1.29 is 14.3 Å². The van der Waals surface area contributed by atoms with E-state index in [1.165, 1.54) is 0 Å². The van der Waals surface area contributed by atoms with Gasteiger partial charge in [-0.05, 0) is 19.8 Å². The van der Waals surface area contributed by atoms with Crippen LogP contribution in [-0.2, 0) is 14.3 Å². The first-order valence-corrected chi connectivity index (χ1v) is 5.59. The topological polar surface area (TPSA) is 35.5 Å². The van der Waals surface area contributed by atoms with Crippen LogP contribution in [0.3, 0.4) is 0 Å². The summed E-state index contributed by atoms with van der Waals surface area (Å²) in [5.74, 6) is -0.368. The van der Waals surface area contributed by atoms with Crippen LogP contribution in [0.2, 0.25) is 0 Å². The molecule has 0 aromatic rings. The van der Waals surface area contributed by atoms with Crippen molar-refractivity contribution in [1.29, 1.82) is 0 Å². The summed E-state index contributed by atoms with van der Waals surface area (Å²) < 4.78 is 10.6. The van der Waals surface area contributed by atoms with Crippen LogP contribution >= 0.6 is 0 Å². The van der Waals surface area contributed by atoms with Crippen LogP contribution in [0.1, 0.15) is 46.5 Å². The Kier molecular flexibility index (Phi) is 8.01. The summed E-state index contributed by atoms with van der Waals surface area (Å²) in [4.78, 5) is 11.3. The first-order valence-electron chi connectivity index (χ1n) is 5.59. The molecule has 0 aromatic heterocycles. The van der Waals surface area contributed by atoms with Crippen molar-refractivity contribution in [2.45, 2.75) is 52.7 Å². The smallest absolute Gasteiger partial charge is 0.335 e. The molecule has 0 rings (SSSR count). The lowest BCUT2D eigenvalue weighted by atomic mass is 10.2. The molecule has 0 bridgehead atoms. The summed E-state index contributed by atoms with van der Waals surface area (Å²) in [5.41, 5.74) is 0.414. The van der Waals surface area contributed by atoms with Gasteiger partial charge in [0.2, 0.25) is 6.29 Å². The van der Waals surface area contributed by atoms with Gasteiger partial charge in [0.1, 0.15) is 0 Å². The van der Waals surface area contributed by atoms with Gasteiger partial charge in [-0.15, -0.1) is 0 Å². The molecule has 88 valence electrons. The van der Waals surface area contributed by atoms with E-state index in [9.17, 15) is 4.79 Å². The summed E-state index contributed by atoms with van der Waals surface area (Å²) in [6.45, 7) is 9.92. The van der Waals surface area contributed by atoms with Crippen molar-refractivity contribution in [3.63, 3.8) is 0 Å². The van der Waals surface area contributed by atoms with Gasteiger partial charge in [0.25, 0.3) is 0 Å². The highest BCUT2D eigenvalue weighted by atomic mass is 16.7. The molecule has 0 amide bonds. The van der Waals surface area contributed by atoms with E-state index >= 15 is 0 Å². The van der Waals surface area contributed by atoms with E-state index in [1.54, 1.807) is 6.92 Å². The minimum Gasteiger partial charge on any atom is -0.432 e. The molecule has 0 radical (unpaired) electrons. The second-order valence-corrected chi connectivity index (χ2v) is 3.63. The SMILES string of the molecule is C=C(C)C(=O)OC(CCCC)OCCC. The normalized spacial score (nSPS) is 12.2. The third kappa shape index (κ3) is 7.14. The molecule has 0 spiro atoms. The first-order chi connectivity index (χ1) is 7.11. The van der Waals surface area contributed by atoms with Gasteiger partial charge in [0.15, 0.2) is 0 Å². The van der Waals surface area contributed by atoms with Gasteiger partial charge in [-0.2, -0.15) is 0 Å². The monoisotopic (exact) mass is 214 g/mol. The number of ether oxygens (including phenoxy) is 2. The molecule has 0 fully saturated rings. The van der Waals surface area contributed by atoms with Crippen molar-refractivity contribution in [1.82, 2.24) is 0 Å². The van der Waals surface area contributed by atoms with Gasteiger partial charge in [0.05, 0.1) is 6.61 Å². The fraction of sp³-hybridized carbons (Fsp3) is 0.750. The lowest BCUT2D eigenvalue weighted by Crippen LogP contribution is -2.22. The molecule has 3 heteroatoms. The molecule has 15 heavy (non-hydrogen) atoms. The van der Waals surface area contributed by atoms with Crippen molar-refractivity contribution >= 4 is 5.97 Å². The Morgan fingerprint density at radius 3 is 2.47 bits per heavy atom. The maximum atomic E-state index is 11.3. The minimum absolute atomic E-state index is 0.368. The number of carbonyl (C=O) groups excluding carboxylic acids is 1. The zero-order chi connectivity index (χ0) is 11.7. The van der Waals surface area contributed by atoms with Crippen molar-refractivity contribution in [2.24, 2.45) is 0 Å². The molecular weight excluding hydrogens is 192 g/mol. The van der Waals surface area contributed by atoms with E-state index in [4.69, 9.17) is 9.47 Å². The number of rotatable bonds is 8. The molecule has 0 saturated carbocycles. The largest absolute Gasteiger partial charge is 0.432 e. The predicted octanol–water partition coefficient (Wildman–Crippen LogP) is 3.05. The van der Waals surface area contributed by atoms with Crippen LogP contribution in [0.15, 0.2) is 12.2 Å². The fourth-order valence-electron chi connectivity index (χ4n) is 1.02. The van der Waals surface area contributed by atoms with Crippen LogP contribution in [-0.4, -0.2) is 18.9 Å². The molecule has 0 N–H and O–H groups in total. The Bertz CT molecular complexity index is 191. The fourth-order valence-corrected chi connectivity index (χ4v) is 1.02. The Morgan fingerprint density at radius 2 is 2.00 bits per heavy atom. The van der Waals surface area contributed by atoms with Gasteiger partial charge in [-0.1, -0.05) is 26.8 Å². The van der Waals surface area contributed by atoms with Crippen LogP contribution in [0, 0.1) is 0 Å². The Labute approximate surface area is 92.5 Å². The highest BCUT2D eigenvalue weighted by Gasteiger charge is 2.14. The van der Waals surface area contributed by atoms with Gasteiger partial charge in [-0.25, -0.2) is 4.79 Å². The summed E-state index contributed by atoms with van der Waals surface area (Å²) >= 11 is 0. The van der Waals surface area contributed by atoms with E-state index in [1.807, 2.05) is 6.92 Å². The van der Waals surface area contributed by atoms with E-state index in [0.29, 0.717) is 12.2 Å². The van der Waals surface area contributed by atoms with Crippen LogP contribution in [0.5, 0.6) is 0 Å². The van der Waals surface area contributed by atoms with E-state index < -0.39 is 6.29 Å². The second kappa shape index (κ2) is 8.48. The number of esters is 1. The molecule has 0 aromatic carbocycles. The average molecular weight is 214 g/mol. The van der Waals surface area contributed by atoms with Gasteiger partial charge >= 0.3 is 5.97 Å². The molecule has 0 heterocycles. The molecule has 1 unspecified atom stereocenters. The third-order valence-electron chi connectivity index (χ3n) is 1.89. The standard InChI is InChI=1S/C12H22O3/c1-5-7-8-11(14-9-6-2)15-12(13)10(3)4/h11H,3,5-9H2,1-2,4H3.